The summed E-state index contributed by atoms with van der Waals surface area (Å²) in [7, 11) is -3.13. The van der Waals surface area contributed by atoms with Crippen LogP contribution >= 0.6 is 0 Å². The van der Waals surface area contributed by atoms with Crippen LogP contribution in [0.1, 0.15) is 34.1 Å². The number of hydrogen-bond donors (Lipinski definition) is 1. The number of nitrogens with zero attached hydrogens (tertiary/aromatic N) is 2. The van der Waals surface area contributed by atoms with Gasteiger partial charge in [-0.05, 0) is 11.8 Å². The first kappa shape index (κ1) is 16.9. The molecule has 0 spiro atoms. The SMILES string of the molecule is CCC(CN)N1CCN(S(=O)(=O)CC(C)(C)C)CC1. The summed E-state index contributed by atoms with van der Waals surface area (Å²) in [6.07, 6.45) is 1.02. The molecule has 5 nitrogen and oxygen atoms in total. The highest BCUT2D eigenvalue weighted by atomic mass is 32.2. The summed E-state index contributed by atoms with van der Waals surface area (Å²) in [4.78, 5) is 2.31. The van der Waals surface area contributed by atoms with E-state index in [4.69, 9.17) is 5.73 Å². The number of rotatable bonds is 5. The van der Waals surface area contributed by atoms with E-state index in [0.717, 1.165) is 19.5 Å². The van der Waals surface area contributed by atoms with Crippen LogP contribution in [-0.2, 0) is 10.0 Å². The first-order valence-corrected chi connectivity index (χ1v) is 8.72. The van der Waals surface area contributed by atoms with E-state index in [0.29, 0.717) is 25.7 Å². The topological polar surface area (TPSA) is 66.6 Å². The number of hydrogen-bond acceptors (Lipinski definition) is 4. The van der Waals surface area contributed by atoms with E-state index in [1.54, 1.807) is 4.31 Å². The lowest BCUT2D eigenvalue weighted by Gasteiger charge is -2.38. The standard InChI is InChI=1S/C13H29N3O2S/c1-5-12(10-14)15-6-8-16(9-7-15)19(17,18)11-13(2,3)4/h12H,5-11,14H2,1-4H3. The van der Waals surface area contributed by atoms with Crippen molar-refractivity contribution in [3.05, 3.63) is 0 Å². The molecule has 1 aliphatic rings. The van der Waals surface area contributed by atoms with Crippen molar-refractivity contribution < 1.29 is 8.42 Å². The Hall–Kier alpha value is -0.170. The fourth-order valence-electron chi connectivity index (χ4n) is 2.56. The van der Waals surface area contributed by atoms with Crippen molar-refractivity contribution in [2.45, 2.75) is 40.2 Å². The maximum absolute atomic E-state index is 12.3. The highest BCUT2D eigenvalue weighted by molar-refractivity contribution is 7.89. The highest BCUT2D eigenvalue weighted by Crippen LogP contribution is 2.20. The third kappa shape index (κ3) is 5.02. The van der Waals surface area contributed by atoms with E-state index in [1.165, 1.54) is 0 Å². The van der Waals surface area contributed by atoms with Crippen molar-refractivity contribution in [2.75, 3.05) is 38.5 Å². The minimum absolute atomic E-state index is 0.195. The van der Waals surface area contributed by atoms with Gasteiger partial charge < -0.3 is 5.73 Å². The highest BCUT2D eigenvalue weighted by Gasteiger charge is 2.31. The van der Waals surface area contributed by atoms with E-state index < -0.39 is 10.0 Å². The van der Waals surface area contributed by atoms with E-state index in [9.17, 15) is 8.42 Å². The third-order valence-corrected chi connectivity index (χ3v) is 5.92. The molecule has 1 saturated heterocycles. The second-order valence-corrected chi connectivity index (χ2v) is 8.52. The van der Waals surface area contributed by atoms with E-state index in [1.807, 2.05) is 20.8 Å². The zero-order valence-corrected chi connectivity index (χ0v) is 13.5. The summed E-state index contributed by atoms with van der Waals surface area (Å²) in [5.41, 5.74) is 5.55. The second-order valence-electron chi connectivity index (χ2n) is 6.55. The molecule has 1 aliphatic heterocycles. The molecule has 0 saturated carbocycles. The van der Waals surface area contributed by atoms with Crippen LogP contribution in [0.4, 0.5) is 0 Å². The van der Waals surface area contributed by atoms with Crippen molar-refractivity contribution >= 4 is 10.0 Å². The monoisotopic (exact) mass is 291 g/mol. The fraction of sp³-hybridized carbons (Fsp3) is 1.00. The molecule has 1 rings (SSSR count). The Balaban J connectivity index is 2.58. The molecule has 0 amide bonds. The van der Waals surface area contributed by atoms with Gasteiger partial charge in [0.1, 0.15) is 0 Å². The number of piperazine rings is 1. The number of nitrogens with two attached hydrogens (primary N) is 1. The van der Waals surface area contributed by atoms with Gasteiger partial charge >= 0.3 is 0 Å². The van der Waals surface area contributed by atoms with Crippen LogP contribution in [0.3, 0.4) is 0 Å². The molecule has 1 fully saturated rings. The average Bonchev–Trinajstić information content (AvgIpc) is 2.28. The van der Waals surface area contributed by atoms with E-state index >= 15 is 0 Å². The normalized spacial score (nSPS) is 21.5. The van der Waals surface area contributed by atoms with Crippen molar-refractivity contribution in [2.24, 2.45) is 11.1 Å². The predicted octanol–water partition coefficient (Wildman–Crippen LogP) is 0.717. The van der Waals surface area contributed by atoms with Gasteiger partial charge in [0, 0.05) is 38.8 Å². The van der Waals surface area contributed by atoms with Gasteiger partial charge in [-0.2, -0.15) is 4.31 Å². The zero-order valence-electron chi connectivity index (χ0n) is 12.7. The zero-order chi connectivity index (χ0) is 14.7. The molecule has 0 radical (unpaired) electrons. The molecule has 6 heteroatoms. The lowest BCUT2D eigenvalue weighted by molar-refractivity contribution is 0.136. The Morgan fingerprint density at radius 2 is 1.68 bits per heavy atom. The first-order chi connectivity index (χ1) is 8.69. The molecule has 0 aromatic carbocycles. The molecular weight excluding hydrogens is 262 g/mol. The molecule has 2 N–H and O–H groups in total. The van der Waals surface area contributed by atoms with Gasteiger partial charge in [-0.25, -0.2) is 8.42 Å². The largest absolute Gasteiger partial charge is 0.329 e. The van der Waals surface area contributed by atoms with Crippen LogP contribution in [-0.4, -0.2) is 62.1 Å². The maximum Gasteiger partial charge on any atom is 0.214 e. The lowest BCUT2D eigenvalue weighted by atomic mass is 10.0. The summed E-state index contributed by atoms with van der Waals surface area (Å²) in [5, 5.41) is 0. The average molecular weight is 291 g/mol. The van der Waals surface area contributed by atoms with Gasteiger partial charge in [0.2, 0.25) is 10.0 Å². The minimum Gasteiger partial charge on any atom is -0.329 e. The minimum atomic E-state index is -3.13. The summed E-state index contributed by atoms with van der Waals surface area (Å²) >= 11 is 0. The lowest BCUT2D eigenvalue weighted by Crippen LogP contribution is -2.54. The van der Waals surface area contributed by atoms with E-state index in [2.05, 4.69) is 11.8 Å². The molecule has 114 valence electrons. The van der Waals surface area contributed by atoms with Gasteiger partial charge in [-0.1, -0.05) is 27.7 Å². The molecule has 0 aliphatic carbocycles. The fourth-order valence-corrected chi connectivity index (χ4v) is 4.56. The summed E-state index contributed by atoms with van der Waals surface area (Å²) in [6, 6.07) is 0.382. The van der Waals surface area contributed by atoms with Gasteiger partial charge in [0.25, 0.3) is 0 Å². The Morgan fingerprint density at radius 3 is 2.05 bits per heavy atom. The van der Waals surface area contributed by atoms with Crippen LogP contribution < -0.4 is 5.73 Å². The predicted molar refractivity (Wildman–Crippen MR) is 79.5 cm³/mol. The van der Waals surface area contributed by atoms with Gasteiger partial charge in [-0.3, -0.25) is 4.90 Å². The summed E-state index contributed by atoms with van der Waals surface area (Å²) < 4.78 is 26.2. The Bertz CT molecular complexity index is 364. The molecule has 0 aromatic heterocycles. The maximum atomic E-state index is 12.3. The van der Waals surface area contributed by atoms with Gasteiger partial charge in [0.05, 0.1) is 5.75 Å². The molecule has 0 aromatic rings. The number of sulfonamides is 1. The Morgan fingerprint density at radius 1 is 1.16 bits per heavy atom. The molecule has 1 unspecified atom stereocenters. The van der Waals surface area contributed by atoms with Crippen LogP contribution in [0.25, 0.3) is 0 Å². The van der Waals surface area contributed by atoms with E-state index in [-0.39, 0.29) is 11.2 Å². The first-order valence-electron chi connectivity index (χ1n) is 7.11. The molecular formula is C13H29N3O2S. The summed E-state index contributed by atoms with van der Waals surface area (Å²) in [5.74, 6) is 0.216. The van der Waals surface area contributed by atoms with Crippen LogP contribution in [0.15, 0.2) is 0 Å². The van der Waals surface area contributed by atoms with Crippen LogP contribution in [0.5, 0.6) is 0 Å². The van der Waals surface area contributed by atoms with Crippen molar-refractivity contribution in [1.82, 2.24) is 9.21 Å². The van der Waals surface area contributed by atoms with Crippen LogP contribution in [0.2, 0.25) is 0 Å². The Kier molecular flexibility index (Phi) is 5.79. The van der Waals surface area contributed by atoms with Crippen molar-refractivity contribution in [1.29, 1.82) is 0 Å². The molecule has 0 bridgehead atoms. The summed E-state index contributed by atoms with van der Waals surface area (Å²) in [6.45, 7) is 11.4. The Labute approximate surface area is 118 Å². The molecule has 19 heavy (non-hydrogen) atoms. The quantitative estimate of drug-likeness (QED) is 0.810. The second kappa shape index (κ2) is 6.52. The molecule has 1 heterocycles. The van der Waals surface area contributed by atoms with Crippen molar-refractivity contribution in [3.63, 3.8) is 0 Å². The smallest absolute Gasteiger partial charge is 0.214 e. The third-order valence-electron chi connectivity index (χ3n) is 3.54. The van der Waals surface area contributed by atoms with Gasteiger partial charge in [-0.15, -0.1) is 0 Å². The van der Waals surface area contributed by atoms with Crippen LogP contribution in [0, 0.1) is 5.41 Å². The molecule has 1 atom stereocenters. The van der Waals surface area contributed by atoms with Gasteiger partial charge in [0.15, 0.2) is 0 Å². The van der Waals surface area contributed by atoms with Crippen molar-refractivity contribution in [3.8, 4) is 0 Å².